The highest BCUT2D eigenvalue weighted by Gasteiger charge is 2.61. The summed E-state index contributed by atoms with van der Waals surface area (Å²) in [4.78, 5) is 39.7. The number of hydrogen-bond acceptors (Lipinski definition) is 5. The maximum absolute atomic E-state index is 14.8. The monoisotopic (exact) mass is 474 g/mol. The quantitative estimate of drug-likeness (QED) is 0.579. The number of aliphatic hydroxyl groups is 1. The molecule has 0 unspecified atom stereocenters. The molecule has 2 bridgehead atoms. The first kappa shape index (κ1) is 24.1. The van der Waals surface area contributed by atoms with Crippen molar-refractivity contribution in [1.29, 1.82) is 5.26 Å². The standard InChI is InChI=1S/C24H28F2N4O4/c25-24(26)12-17-8-9-18(24)19(30(17)23(34)20(31)14-5-2-1-3-6-14)22(33)29-16(13-27)11-15-7-4-10-28-21(15)32/h1-3,5-6,15-20,31H,4,7-12H2,(H,28,32)(H,29,33)/t15-,16+,17+,18+,19+,20+/m1/s1. The number of amides is 3. The van der Waals surface area contributed by atoms with Gasteiger partial charge in [-0.05, 0) is 37.7 Å². The maximum Gasteiger partial charge on any atom is 0.256 e. The second-order valence-corrected chi connectivity index (χ2v) is 9.36. The number of nitrogens with one attached hydrogen (secondary N) is 2. The fraction of sp³-hybridized carbons (Fsp3) is 0.583. The lowest BCUT2D eigenvalue weighted by molar-refractivity contribution is -0.198. The summed E-state index contributed by atoms with van der Waals surface area (Å²) in [7, 11) is 0. The van der Waals surface area contributed by atoms with Crippen molar-refractivity contribution in [2.75, 3.05) is 6.54 Å². The summed E-state index contributed by atoms with van der Waals surface area (Å²) in [6.45, 7) is 0.556. The van der Waals surface area contributed by atoms with Crippen LogP contribution in [0.4, 0.5) is 8.78 Å². The van der Waals surface area contributed by atoms with Crippen LogP contribution in [0.1, 0.15) is 50.2 Å². The van der Waals surface area contributed by atoms with Crippen LogP contribution in [-0.2, 0) is 14.4 Å². The van der Waals surface area contributed by atoms with Crippen molar-refractivity contribution < 1.29 is 28.3 Å². The van der Waals surface area contributed by atoms with Gasteiger partial charge in [-0.1, -0.05) is 30.3 Å². The minimum Gasteiger partial charge on any atom is -0.378 e. The van der Waals surface area contributed by atoms with E-state index in [1.165, 1.54) is 0 Å². The summed E-state index contributed by atoms with van der Waals surface area (Å²) < 4.78 is 29.6. The molecular weight excluding hydrogens is 446 g/mol. The Kier molecular flexibility index (Phi) is 6.84. The number of nitriles is 1. The van der Waals surface area contributed by atoms with Gasteiger partial charge in [0.1, 0.15) is 12.1 Å². The molecule has 34 heavy (non-hydrogen) atoms. The Morgan fingerprint density at radius 2 is 2.00 bits per heavy atom. The number of carbonyl (C=O) groups is 3. The van der Waals surface area contributed by atoms with Crippen LogP contribution < -0.4 is 10.6 Å². The Morgan fingerprint density at radius 1 is 1.26 bits per heavy atom. The molecule has 3 saturated heterocycles. The van der Waals surface area contributed by atoms with E-state index < -0.39 is 60.2 Å². The first-order chi connectivity index (χ1) is 16.2. The Balaban J connectivity index is 1.56. The van der Waals surface area contributed by atoms with Crippen molar-refractivity contribution in [1.82, 2.24) is 15.5 Å². The van der Waals surface area contributed by atoms with Crippen LogP contribution in [0.5, 0.6) is 0 Å². The number of fused-ring (bicyclic) bond motifs is 3. The first-order valence-electron chi connectivity index (χ1n) is 11.6. The summed E-state index contributed by atoms with van der Waals surface area (Å²) in [5.41, 5.74) is 0.304. The molecular formula is C24H28F2N4O4. The Hall–Kier alpha value is -3.06. The van der Waals surface area contributed by atoms with Crippen molar-refractivity contribution in [3.63, 3.8) is 0 Å². The van der Waals surface area contributed by atoms with Crippen LogP contribution in [0.25, 0.3) is 0 Å². The lowest BCUT2D eigenvalue weighted by Gasteiger charge is -2.54. The predicted molar refractivity (Wildman–Crippen MR) is 116 cm³/mol. The summed E-state index contributed by atoms with van der Waals surface area (Å²) in [5.74, 6) is -6.89. The molecule has 1 aliphatic carbocycles. The van der Waals surface area contributed by atoms with Crippen LogP contribution in [-0.4, -0.2) is 58.3 Å². The van der Waals surface area contributed by atoms with E-state index in [1.54, 1.807) is 30.3 Å². The highest BCUT2D eigenvalue weighted by Crippen LogP contribution is 2.49. The molecule has 0 radical (unpaired) electrons. The molecule has 1 aromatic rings. The van der Waals surface area contributed by atoms with E-state index in [1.807, 2.05) is 6.07 Å². The molecule has 4 aliphatic rings. The normalized spacial score (nSPS) is 29.5. The molecule has 0 spiro atoms. The number of nitrogens with zero attached hydrogens (tertiary/aromatic N) is 2. The second-order valence-electron chi connectivity index (χ2n) is 9.36. The number of piperidine rings is 3. The summed E-state index contributed by atoms with van der Waals surface area (Å²) in [5, 5.41) is 25.5. The van der Waals surface area contributed by atoms with Gasteiger partial charge in [0.15, 0.2) is 6.10 Å². The van der Waals surface area contributed by atoms with Crippen LogP contribution in [0.15, 0.2) is 30.3 Å². The number of rotatable bonds is 6. The minimum atomic E-state index is -3.15. The Morgan fingerprint density at radius 3 is 2.65 bits per heavy atom. The topological polar surface area (TPSA) is 123 Å². The van der Waals surface area contributed by atoms with E-state index in [0.29, 0.717) is 24.9 Å². The van der Waals surface area contributed by atoms with Gasteiger partial charge in [0.25, 0.3) is 11.8 Å². The van der Waals surface area contributed by atoms with Gasteiger partial charge in [-0.15, -0.1) is 0 Å². The highest BCUT2D eigenvalue weighted by molar-refractivity contribution is 5.91. The molecule has 10 heteroatoms. The van der Waals surface area contributed by atoms with Crippen molar-refractivity contribution in [2.45, 2.75) is 68.7 Å². The van der Waals surface area contributed by atoms with Crippen LogP contribution in [0.2, 0.25) is 0 Å². The minimum absolute atomic E-state index is 0.0587. The zero-order valence-corrected chi connectivity index (χ0v) is 18.6. The van der Waals surface area contributed by atoms with Gasteiger partial charge in [0, 0.05) is 24.9 Å². The zero-order chi connectivity index (χ0) is 24.5. The number of carbonyl (C=O) groups excluding carboxylic acids is 3. The van der Waals surface area contributed by atoms with E-state index >= 15 is 0 Å². The van der Waals surface area contributed by atoms with Gasteiger partial charge in [-0.2, -0.15) is 5.26 Å². The molecule has 1 aromatic carbocycles. The Labute approximate surface area is 196 Å². The average Bonchev–Trinajstić information content (AvgIpc) is 2.83. The summed E-state index contributed by atoms with van der Waals surface area (Å²) >= 11 is 0. The molecule has 3 aliphatic heterocycles. The third-order valence-electron chi connectivity index (χ3n) is 7.20. The largest absolute Gasteiger partial charge is 0.378 e. The van der Waals surface area contributed by atoms with Gasteiger partial charge >= 0.3 is 0 Å². The number of hydrogen-bond donors (Lipinski definition) is 3. The molecule has 1 saturated carbocycles. The molecule has 0 aromatic heterocycles. The molecule has 8 nitrogen and oxygen atoms in total. The highest BCUT2D eigenvalue weighted by atomic mass is 19.3. The molecule has 182 valence electrons. The fourth-order valence-electron chi connectivity index (χ4n) is 5.49. The molecule has 3 heterocycles. The third-order valence-corrected chi connectivity index (χ3v) is 7.20. The smallest absolute Gasteiger partial charge is 0.256 e. The summed E-state index contributed by atoms with van der Waals surface area (Å²) in [6, 6.07) is 6.58. The van der Waals surface area contributed by atoms with Crippen LogP contribution in [0.3, 0.4) is 0 Å². The average molecular weight is 475 g/mol. The van der Waals surface area contributed by atoms with E-state index in [9.17, 15) is 33.5 Å². The van der Waals surface area contributed by atoms with Crippen molar-refractivity contribution in [2.24, 2.45) is 11.8 Å². The lowest BCUT2D eigenvalue weighted by atomic mass is 9.71. The van der Waals surface area contributed by atoms with E-state index in [-0.39, 0.29) is 18.7 Å². The van der Waals surface area contributed by atoms with Gasteiger partial charge in [-0.25, -0.2) is 8.78 Å². The van der Waals surface area contributed by atoms with Crippen molar-refractivity contribution >= 4 is 17.7 Å². The fourth-order valence-corrected chi connectivity index (χ4v) is 5.49. The van der Waals surface area contributed by atoms with Gasteiger partial charge in [0.2, 0.25) is 11.8 Å². The zero-order valence-electron chi connectivity index (χ0n) is 18.6. The number of alkyl halides is 2. The summed E-state index contributed by atoms with van der Waals surface area (Å²) in [6.07, 6.45) is -0.419. The molecule has 3 amide bonds. The molecule has 6 atom stereocenters. The molecule has 4 fully saturated rings. The first-order valence-corrected chi connectivity index (χ1v) is 11.6. The van der Waals surface area contributed by atoms with Crippen molar-refractivity contribution in [3.05, 3.63) is 35.9 Å². The van der Waals surface area contributed by atoms with Crippen molar-refractivity contribution in [3.8, 4) is 6.07 Å². The molecule has 5 rings (SSSR count). The van der Waals surface area contributed by atoms with Gasteiger partial charge in [0.05, 0.1) is 12.0 Å². The number of benzene rings is 1. The Bertz CT molecular complexity index is 983. The van der Waals surface area contributed by atoms with E-state index in [2.05, 4.69) is 10.6 Å². The maximum atomic E-state index is 14.8. The lowest BCUT2D eigenvalue weighted by Crippen LogP contribution is -2.69. The van der Waals surface area contributed by atoms with Crippen LogP contribution in [0, 0.1) is 23.2 Å². The van der Waals surface area contributed by atoms with E-state index in [4.69, 9.17) is 0 Å². The van der Waals surface area contributed by atoms with Gasteiger partial charge < -0.3 is 20.6 Å². The second kappa shape index (κ2) is 9.66. The number of aliphatic hydroxyl groups excluding tert-OH is 1. The molecule has 3 N–H and O–H groups in total. The predicted octanol–water partition coefficient (Wildman–Crippen LogP) is 1.66. The number of halogens is 2. The SMILES string of the molecule is N#C[C@H](C[C@H]1CCCNC1=O)NC(=O)[C@@H]1[C@@H]2CC[C@@H](CC2(F)F)N1C(=O)[C@@H](O)c1ccccc1. The van der Waals surface area contributed by atoms with E-state index in [0.717, 1.165) is 11.3 Å². The van der Waals surface area contributed by atoms with Gasteiger partial charge in [-0.3, -0.25) is 14.4 Å². The van der Waals surface area contributed by atoms with Crippen LogP contribution >= 0.6 is 0 Å². The third kappa shape index (κ3) is 4.62.